The van der Waals surface area contributed by atoms with E-state index in [1.807, 2.05) is 0 Å². The smallest absolute Gasteiger partial charge is 0.269 e. The molecule has 1 amide bonds. The number of carbonyl (C=O) groups is 2. The summed E-state index contributed by atoms with van der Waals surface area (Å²) in [7, 11) is 0. The highest BCUT2D eigenvalue weighted by atomic mass is 16.6. The highest BCUT2D eigenvalue weighted by molar-refractivity contribution is 6.05. The first-order chi connectivity index (χ1) is 10.4. The van der Waals surface area contributed by atoms with Crippen LogP contribution in [-0.4, -0.2) is 16.8 Å². The molecule has 0 saturated heterocycles. The Morgan fingerprint density at radius 1 is 1.05 bits per heavy atom. The summed E-state index contributed by atoms with van der Waals surface area (Å²) in [5.41, 5.74) is 1.19. The van der Waals surface area contributed by atoms with Crippen molar-refractivity contribution in [3.8, 4) is 0 Å². The van der Waals surface area contributed by atoms with Gasteiger partial charge < -0.3 is 15.2 Å². The molecule has 2 aromatic carbocycles. The van der Waals surface area contributed by atoms with Crippen LogP contribution in [-0.2, 0) is 0 Å². The summed E-state index contributed by atoms with van der Waals surface area (Å²) in [6, 6.07) is 9.34. The number of nitrogens with one attached hydrogen (secondary N) is 1. The van der Waals surface area contributed by atoms with E-state index in [1.165, 1.54) is 42.5 Å². The first-order valence-electron chi connectivity index (χ1n) is 6.26. The third kappa shape index (κ3) is 3.26. The number of anilines is 1. The van der Waals surface area contributed by atoms with Gasteiger partial charge in [-0.15, -0.1) is 0 Å². The molecule has 2 aromatic rings. The number of carbonyl (C=O) groups excluding carboxylic acids is 2. The highest BCUT2D eigenvalue weighted by Crippen LogP contribution is 2.18. The second-order valence-electron chi connectivity index (χ2n) is 4.58. The highest BCUT2D eigenvalue weighted by Gasteiger charge is 2.11. The number of aryl methyl sites for hydroxylation is 1. The quantitative estimate of drug-likeness (QED) is 0.679. The van der Waals surface area contributed by atoms with Crippen LogP contribution >= 0.6 is 0 Å². The van der Waals surface area contributed by atoms with Crippen LogP contribution < -0.4 is 10.4 Å². The zero-order valence-electron chi connectivity index (χ0n) is 11.5. The summed E-state index contributed by atoms with van der Waals surface area (Å²) in [6.07, 6.45) is 0. The van der Waals surface area contributed by atoms with Gasteiger partial charge in [0.2, 0.25) is 0 Å². The number of carboxylic acid groups (broad SMARTS) is 1. The molecule has 0 bridgehead atoms. The van der Waals surface area contributed by atoms with Crippen molar-refractivity contribution in [3.63, 3.8) is 0 Å². The molecule has 0 radical (unpaired) electrons. The topological polar surface area (TPSA) is 112 Å². The van der Waals surface area contributed by atoms with Crippen molar-refractivity contribution in [1.82, 2.24) is 0 Å². The number of rotatable bonds is 4. The maximum atomic E-state index is 12.1. The Labute approximate surface area is 125 Å². The molecule has 22 heavy (non-hydrogen) atoms. The molecule has 0 unspecified atom stereocenters. The van der Waals surface area contributed by atoms with Gasteiger partial charge in [-0.2, -0.15) is 0 Å². The zero-order chi connectivity index (χ0) is 16.3. The van der Waals surface area contributed by atoms with E-state index < -0.39 is 16.8 Å². The summed E-state index contributed by atoms with van der Waals surface area (Å²) >= 11 is 0. The van der Waals surface area contributed by atoms with Crippen molar-refractivity contribution < 1.29 is 19.6 Å². The fraction of sp³-hybridized carbons (Fsp3) is 0.0667. The number of nitro groups is 1. The molecule has 0 saturated carbocycles. The largest absolute Gasteiger partial charge is 0.545 e. The van der Waals surface area contributed by atoms with Gasteiger partial charge in [0.15, 0.2) is 0 Å². The average Bonchev–Trinajstić information content (AvgIpc) is 2.49. The molecule has 0 aromatic heterocycles. The average molecular weight is 299 g/mol. The normalized spacial score (nSPS) is 10.0. The van der Waals surface area contributed by atoms with Gasteiger partial charge in [0.25, 0.3) is 11.6 Å². The van der Waals surface area contributed by atoms with Crippen LogP contribution in [0.3, 0.4) is 0 Å². The van der Waals surface area contributed by atoms with Gasteiger partial charge in [0.1, 0.15) is 0 Å². The fourth-order valence-electron chi connectivity index (χ4n) is 1.86. The number of non-ortho nitro benzene ring substituents is 1. The van der Waals surface area contributed by atoms with Crippen molar-refractivity contribution in [2.75, 3.05) is 5.32 Å². The van der Waals surface area contributed by atoms with E-state index >= 15 is 0 Å². The Balaban J connectivity index is 2.18. The van der Waals surface area contributed by atoms with Crippen molar-refractivity contribution in [3.05, 3.63) is 69.3 Å². The van der Waals surface area contributed by atoms with Gasteiger partial charge >= 0.3 is 0 Å². The van der Waals surface area contributed by atoms with E-state index in [1.54, 1.807) is 6.92 Å². The minimum atomic E-state index is -1.30. The summed E-state index contributed by atoms with van der Waals surface area (Å²) in [4.78, 5) is 32.8. The lowest BCUT2D eigenvalue weighted by molar-refractivity contribution is -0.384. The number of hydrogen-bond acceptors (Lipinski definition) is 5. The molecule has 0 fully saturated rings. The van der Waals surface area contributed by atoms with Crippen LogP contribution in [0.15, 0.2) is 42.5 Å². The molecule has 0 heterocycles. The van der Waals surface area contributed by atoms with E-state index in [4.69, 9.17) is 0 Å². The molecule has 7 nitrogen and oxygen atoms in total. The van der Waals surface area contributed by atoms with Gasteiger partial charge in [0.05, 0.1) is 10.9 Å². The van der Waals surface area contributed by atoms with Crippen LogP contribution in [0.25, 0.3) is 0 Å². The molecule has 0 aliphatic heterocycles. The first kappa shape index (κ1) is 15.2. The second kappa shape index (κ2) is 6.04. The van der Waals surface area contributed by atoms with Crippen molar-refractivity contribution in [2.24, 2.45) is 0 Å². The SMILES string of the molecule is Cc1cc(C(=O)[O-])ccc1NC(=O)c1ccc([N+](=O)[O-])cc1. The molecule has 7 heteroatoms. The molecule has 0 aliphatic carbocycles. The van der Waals surface area contributed by atoms with Crippen LogP contribution in [0.4, 0.5) is 11.4 Å². The zero-order valence-corrected chi connectivity index (χ0v) is 11.5. The third-order valence-electron chi connectivity index (χ3n) is 3.05. The van der Waals surface area contributed by atoms with Crippen LogP contribution in [0.2, 0.25) is 0 Å². The van der Waals surface area contributed by atoms with E-state index in [9.17, 15) is 24.8 Å². The van der Waals surface area contributed by atoms with Crippen molar-refractivity contribution in [2.45, 2.75) is 6.92 Å². The van der Waals surface area contributed by atoms with Gasteiger partial charge in [-0.3, -0.25) is 14.9 Å². The fourth-order valence-corrected chi connectivity index (χ4v) is 1.86. The standard InChI is InChI=1S/C15H12N2O5/c1-9-8-11(15(19)20)4-7-13(9)16-14(18)10-2-5-12(6-3-10)17(21)22/h2-8H,1H3,(H,16,18)(H,19,20)/p-1. The minimum absolute atomic E-state index is 0.0193. The van der Waals surface area contributed by atoms with Crippen molar-refractivity contribution in [1.29, 1.82) is 0 Å². The third-order valence-corrected chi connectivity index (χ3v) is 3.05. The van der Waals surface area contributed by atoms with Gasteiger partial charge in [-0.1, -0.05) is 6.07 Å². The number of aromatic carboxylic acids is 1. The number of hydrogen-bond donors (Lipinski definition) is 1. The maximum absolute atomic E-state index is 12.1. The summed E-state index contributed by atoms with van der Waals surface area (Å²) in [5.74, 6) is -1.74. The molecular formula is C15H11N2O5-. The summed E-state index contributed by atoms with van der Waals surface area (Å²) in [6.45, 7) is 1.65. The Hall–Kier alpha value is -3.22. The molecule has 112 valence electrons. The Kier molecular flexibility index (Phi) is 4.17. The Morgan fingerprint density at radius 2 is 1.64 bits per heavy atom. The van der Waals surface area contributed by atoms with E-state index in [2.05, 4.69) is 5.32 Å². The number of benzene rings is 2. The maximum Gasteiger partial charge on any atom is 0.269 e. The number of nitro benzene ring substituents is 1. The lowest BCUT2D eigenvalue weighted by Crippen LogP contribution is -2.22. The number of nitrogens with zero attached hydrogens (tertiary/aromatic N) is 1. The number of carboxylic acids is 1. The van der Waals surface area contributed by atoms with Crippen LogP contribution in [0.5, 0.6) is 0 Å². The molecule has 1 N–H and O–H groups in total. The molecule has 0 aliphatic rings. The first-order valence-corrected chi connectivity index (χ1v) is 6.26. The summed E-state index contributed by atoms with van der Waals surface area (Å²) in [5, 5.41) is 23.9. The Morgan fingerprint density at radius 3 is 2.14 bits per heavy atom. The van der Waals surface area contributed by atoms with Crippen molar-refractivity contribution >= 4 is 23.3 Å². The van der Waals surface area contributed by atoms with Crippen LogP contribution in [0, 0.1) is 17.0 Å². The molecular weight excluding hydrogens is 288 g/mol. The Bertz CT molecular complexity index is 753. The lowest BCUT2D eigenvalue weighted by atomic mass is 10.1. The number of amides is 1. The predicted octanol–water partition coefficient (Wildman–Crippen LogP) is 1.52. The molecule has 0 atom stereocenters. The summed E-state index contributed by atoms with van der Waals surface area (Å²) < 4.78 is 0. The van der Waals surface area contributed by atoms with Gasteiger partial charge in [-0.25, -0.2) is 0 Å². The van der Waals surface area contributed by atoms with Gasteiger partial charge in [0, 0.05) is 23.4 Å². The van der Waals surface area contributed by atoms with E-state index in [-0.39, 0.29) is 16.8 Å². The monoisotopic (exact) mass is 299 g/mol. The molecule has 2 rings (SSSR count). The second-order valence-corrected chi connectivity index (χ2v) is 4.58. The van der Waals surface area contributed by atoms with Gasteiger partial charge in [-0.05, 0) is 42.3 Å². The predicted molar refractivity (Wildman–Crippen MR) is 76.6 cm³/mol. The minimum Gasteiger partial charge on any atom is -0.545 e. The van der Waals surface area contributed by atoms with Crippen LogP contribution in [0.1, 0.15) is 26.3 Å². The van der Waals surface area contributed by atoms with E-state index in [0.717, 1.165) is 0 Å². The molecule has 0 spiro atoms. The van der Waals surface area contributed by atoms with E-state index in [0.29, 0.717) is 11.3 Å². The lowest BCUT2D eigenvalue weighted by Gasteiger charge is -2.10.